The van der Waals surface area contributed by atoms with Crippen LogP contribution in [0, 0.1) is 11.8 Å². The highest BCUT2D eigenvalue weighted by molar-refractivity contribution is 5.77. The van der Waals surface area contributed by atoms with Gasteiger partial charge in [0.2, 0.25) is 5.91 Å². The molecule has 1 aliphatic rings. The molecule has 3 aromatic rings. The molecular formula is C28H39N5O3. The third-order valence-corrected chi connectivity index (χ3v) is 7.12. The van der Waals surface area contributed by atoms with Crippen molar-refractivity contribution in [3.63, 3.8) is 0 Å². The lowest BCUT2D eigenvalue weighted by Gasteiger charge is -2.30. The molecule has 1 amide bonds. The van der Waals surface area contributed by atoms with Gasteiger partial charge >= 0.3 is 5.69 Å². The van der Waals surface area contributed by atoms with Crippen LogP contribution < -0.4 is 11.2 Å². The summed E-state index contributed by atoms with van der Waals surface area (Å²) in [5, 5.41) is 0. The first kappa shape index (κ1) is 25.9. The predicted octanol–water partition coefficient (Wildman–Crippen LogP) is 4.10. The van der Waals surface area contributed by atoms with Gasteiger partial charge in [-0.3, -0.25) is 19.1 Å². The molecule has 2 heterocycles. The summed E-state index contributed by atoms with van der Waals surface area (Å²) in [6.45, 7) is 10.1. The molecule has 0 bridgehead atoms. The third-order valence-electron chi connectivity index (χ3n) is 7.12. The molecular weight excluding hydrogens is 454 g/mol. The van der Waals surface area contributed by atoms with Gasteiger partial charge < -0.3 is 9.47 Å². The number of aromatic amines is 1. The Balaban J connectivity index is 1.64. The number of nitrogens with one attached hydrogen (secondary N) is 1. The Morgan fingerprint density at radius 1 is 1.14 bits per heavy atom. The summed E-state index contributed by atoms with van der Waals surface area (Å²) in [7, 11) is 0. The molecule has 4 rings (SSSR count). The van der Waals surface area contributed by atoms with E-state index < -0.39 is 11.2 Å². The number of hydrogen-bond donors (Lipinski definition) is 1. The Morgan fingerprint density at radius 2 is 1.86 bits per heavy atom. The van der Waals surface area contributed by atoms with E-state index in [9.17, 15) is 14.4 Å². The van der Waals surface area contributed by atoms with Crippen molar-refractivity contribution in [3.8, 4) is 0 Å². The highest BCUT2D eigenvalue weighted by Gasteiger charge is 2.34. The van der Waals surface area contributed by atoms with Gasteiger partial charge in [0, 0.05) is 38.5 Å². The lowest BCUT2D eigenvalue weighted by molar-refractivity contribution is -0.134. The highest BCUT2D eigenvalue weighted by atomic mass is 16.2. The van der Waals surface area contributed by atoms with Gasteiger partial charge in [0.15, 0.2) is 11.2 Å². The Morgan fingerprint density at radius 3 is 2.50 bits per heavy atom. The van der Waals surface area contributed by atoms with Crippen molar-refractivity contribution < 1.29 is 4.79 Å². The molecule has 1 N–H and O–H groups in total. The molecule has 0 saturated heterocycles. The number of carbonyl (C=O) groups is 1. The maximum Gasteiger partial charge on any atom is 0.330 e. The summed E-state index contributed by atoms with van der Waals surface area (Å²) >= 11 is 0. The van der Waals surface area contributed by atoms with E-state index in [1.54, 1.807) is 4.57 Å². The van der Waals surface area contributed by atoms with E-state index in [1.165, 1.54) is 12.8 Å². The number of benzene rings is 1. The van der Waals surface area contributed by atoms with Crippen molar-refractivity contribution >= 4 is 17.1 Å². The Hall–Kier alpha value is -3.16. The lowest BCUT2D eigenvalue weighted by atomic mass is 10.1. The third kappa shape index (κ3) is 5.79. The number of fused-ring (bicyclic) bond motifs is 1. The number of carbonyl (C=O) groups excluding carboxylic acids is 1. The lowest BCUT2D eigenvalue weighted by Crippen LogP contribution is -2.39. The number of hydrogen-bond acceptors (Lipinski definition) is 4. The summed E-state index contributed by atoms with van der Waals surface area (Å²) in [5.74, 6) is 1.62. The number of amides is 1. The average Bonchev–Trinajstić information content (AvgIpc) is 3.64. The molecule has 8 nitrogen and oxygen atoms in total. The van der Waals surface area contributed by atoms with Crippen molar-refractivity contribution in [2.75, 3.05) is 0 Å². The number of rotatable bonds is 12. The summed E-state index contributed by atoms with van der Waals surface area (Å²) in [6, 6.07) is 10.3. The molecule has 8 heteroatoms. The second kappa shape index (κ2) is 11.3. The molecule has 1 atom stereocenters. The van der Waals surface area contributed by atoms with Gasteiger partial charge in [0.05, 0.1) is 0 Å². The number of imidazole rings is 1. The number of H-pyrrole nitrogens is 1. The fraction of sp³-hybridized carbons (Fsp3) is 0.571. The minimum atomic E-state index is -0.426. The van der Waals surface area contributed by atoms with E-state index in [1.807, 2.05) is 27.7 Å². The summed E-state index contributed by atoms with van der Waals surface area (Å²) in [6.07, 6.45) is 4.81. The van der Waals surface area contributed by atoms with Crippen LogP contribution in [0.4, 0.5) is 0 Å². The molecule has 2 aromatic heterocycles. The molecule has 194 valence electrons. The second-order valence-electron chi connectivity index (χ2n) is 10.6. The maximum atomic E-state index is 13.5. The maximum absolute atomic E-state index is 13.5. The normalized spacial score (nSPS) is 14.5. The number of aromatic nitrogens is 4. The minimum absolute atomic E-state index is 0.0960. The monoisotopic (exact) mass is 493 g/mol. The first-order valence-corrected chi connectivity index (χ1v) is 13.4. The van der Waals surface area contributed by atoms with E-state index in [2.05, 4.69) is 44.8 Å². The van der Waals surface area contributed by atoms with Crippen LogP contribution in [0.25, 0.3) is 11.2 Å². The molecule has 0 radical (unpaired) electrons. The van der Waals surface area contributed by atoms with Crippen LogP contribution in [0.5, 0.6) is 0 Å². The largest absolute Gasteiger partial charge is 0.335 e. The predicted molar refractivity (Wildman–Crippen MR) is 142 cm³/mol. The fourth-order valence-corrected chi connectivity index (χ4v) is 4.93. The molecule has 36 heavy (non-hydrogen) atoms. The quantitative estimate of drug-likeness (QED) is 0.411. The number of unbranched alkanes of at least 4 members (excludes halogenated alkanes) is 1. The zero-order valence-corrected chi connectivity index (χ0v) is 22.0. The molecule has 0 spiro atoms. The highest BCUT2D eigenvalue weighted by Crippen LogP contribution is 2.36. The second-order valence-corrected chi connectivity index (χ2v) is 10.6. The summed E-state index contributed by atoms with van der Waals surface area (Å²) in [5.41, 5.74) is 1.13. The Kier molecular flexibility index (Phi) is 8.11. The van der Waals surface area contributed by atoms with E-state index in [0.717, 1.165) is 18.4 Å². The zero-order valence-electron chi connectivity index (χ0n) is 22.0. The van der Waals surface area contributed by atoms with Crippen molar-refractivity contribution in [3.05, 3.63) is 62.6 Å². The van der Waals surface area contributed by atoms with Crippen LogP contribution in [-0.4, -0.2) is 36.0 Å². The smallest absolute Gasteiger partial charge is 0.330 e. The number of aryl methyl sites for hydroxylation is 2. The van der Waals surface area contributed by atoms with E-state index in [0.29, 0.717) is 55.4 Å². The Labute approximate surface area is 212 Å². The van der Waals surface area contributed by atoms with Gasteiger partial charge in [0.1, 0.15) is 5.82 Å². The Bertz CT molecular complexity index is 1300. The number of nitrogens with zero attached hydrogens (tertiary/aromatic N) is 4. The minimum Gasteiger partial charge on any atom is -0.335 e. The van der Waals surface area contributed by atoms with Gasteiger partial charge in [-0.2, -0.15) is 0 Å². The molecule has 1 aromatic carbocycles. The van der Waals surface area contributed by atoms with Crippen molar-refractivity contribution in [2.45, 2.75) is 91.9 Å². The fourth-order valence-electron chi connectivity index (χ4n) is 4.93. The molecule has 1 aliphatic carbocycles. The van der Waals surface area contributed by atoms with Gasteiger partial charge in [-0.1, -0.05) is 57.5 Å². The standard InChI is InChI=1S/C28H39N5O3/c1-5-6-16-31-26-25(27(35)30-28(31)36)33(17-19(2)3)23(29-26)14-15-24(34)32(20(4)22-12-13-22)18-21-10-8-7-9-11-21/h7-11,19-20,22H,5-6,12-18H2,1-4H3,(H,30,35,36). The van der Waals surface area contributed by atoms with Gasteiger partial charge in [-0.15, -0.1) is 0 Å². The first-order valence-electron chi connectivity index (χ1n) is 13.4. The topological polar surface area (TPSA) is 93.0 Å². The van der Waals surface area contributed by atoms with Crippen LogP contribution in [-0.2, 0) is 30.8 Å². The molecule has 1 fully saturated rings. The van der Waals surface area contributed by atoms with Crippen molar-refractivity contribution in [1.29, 1.82) is 0 Å². The molecule has 0 aliphatic heterocycles. The molecule has 1 unspecified atom stereocenters. The van der Waals surface area contributed by atoms with Crippen molar-refractivity contribution in [1.82, 2.24) is 24.0 Å². The van der Waals surface area contributed by atoms with E-state index >= 15 is 0 Å². The van der Waals surface area contributed by atoms with Crippen LogP contribution in [0.3, 0.4) is 0 Å². The van der Waals surface area contributed by atoms with E-state index in [-0.39, 0.29) is 17.9 Å². The zero-order chi connectivity index (χ0) is 25.8. The van der Waals surface area contributed by atoms with Crippen LogP contribution in [0.2, 0.25) is 0 Å². The van der Waals surface area contributed by atoms with Crippen molar-refractivity contribution in [2.24, 2.45) is 11.8 Å². The first-order chi connectivity index (χ1) is 17.3. The summed E-state index contributed by atoms with van der Waals surface area (Å²) in [4.78, 5) is 48.2. The van der Waals surface area contributed by atoms with Crippen LogP contribution in [0.1, 0.15) is 71.2 Å². The van der Waals surface area contributed by atoms with Gasteiger partial charge in [0.25, 0.3) is 5.56 Å². The van der Waals surface area contributed by atoms with E-state index in [4.69, 9.17) is 4.98 Å². The average molecular weight is 494 g/mol. The SMILES string of the molecule is CCCCn1c(=O)[nH]c(=O)c2c1nc(CCC(=O)N(Cc1ccccc1)C(C)C1CC1)n2CC(C)C. The van der Waals surface area contributed by atoms with Gasteiger partial charge in [-0.05, 0) is 43.6 Å². The van der Waals surface area contributed by atoms with Gasteiger partial charge in [-0.25, -0.2) is 9.78 Å². The van der Waals surface area contributed by atoms with Crippen LogP contribution in [0.15, 0.2) is 39.9 Å². The van der Waals surface area contributed by atoms with Crippen LogP contribution >= 0.6 is 0 Å². The summed E-state index contributed by atoms with van der Waals surface area (Å²) < 4.78 is 3.49. The molecule has 1 saturated carbocycles.